The van der Waals surface area contributed by atoms with Crippen molar-refractivity contribution in [1.82, 2.24) is 5.43 Å². The third kappa shape index (κ3) is 3.94. The molecule has 0 radical (unpaired) electrons. The molecular weight excluding hydrogens is 367 g/mol. The van der Waals surface area contributed by atoms with E-state index in [1.54, 1.807) is 25.3 Å². The van der Waals surface area contributed by atoms with Crippen LogP contribution in [0.1, 0.15) is 43.0 Å². The number of carbonyl (C=O) groups is 1. The van der Waals surface area contributed by atoms with Crippen LogP contribution in [0.15, 0.2) is 23.3 Å². The lowest BCUT2D eigenvalue weighted by Gasteiger charge is -2.18. The summed E-state index contributed by atoms with van der Waals surface area (Å²) in [4.78, 5) is 12.1. The lowest BCUT2D eigenvalue weighted by atomic mass is 9.89. The standard InChI is InChI=1S/C15H19IN2O2/c1-10-4-3-5-12(8-10)17-18-15(19)11-6-7-14(20-2)13(16)9-11/h6-7,9-10H,3-5,8H2,1-2H3,(H,18,19)/b17-12-/t10-/m0/s1. The summed E-state index contributed by atoms with van der Waals surface area (Å²) in [6, 6.07) is 5.35. The van der Waals surface area contributed by atoms with Gasteiger partial charge in [-0.15, -0.1) is 0 Å². The molecule has 1 saturated carbocycles. The molecule has 0 aromatic heterocycles. The number of hydrogen-bond acceptors (Lipinski definition) is 3. The predicted octanol–water partition coefficient (Wildman–Crippen LogP) is 3.60. The number of benzene rings is 1. The molecule has 1 amide bonds. The zero-order chi connectivity index (χ0) is 14.5. The Kier molecular flexibility index (Phi) is 5.39. The van der Waals surface area contributed by atoms with E-state index < -0.39 is 0 Å². The van der Waals surface area contributed by atoms with Gasteiger partial charge in [-0.1, -0.05) is 6.92 Å². The predicted molar refractivity (Wildman–Crippen MR) is 88.2 cm³/mol. The Morgan fingerprint density at radius 1 is 1.50 bits per heavy atom. The van der Waals surface area contributed by atoms with Crippen molar-refractivity contribution >= 4 is 34.2 Å². The quantitative estimate of drug-likeness (QED) is 0.638. The normalized spacial score (nSPS) is 20.8. The molecule has 1 N–H and O–H groups in total. The van der Waals surface area contributed by atoms with Crippen molar-refractivity contribution in [2.24, 2.45) is 11.0 Å². The first-order valence-corrected chi connectivity index (χ1v) is 7.87. The van der Waals surface area contributed by atoms with Gasteiger partial charge in [-0.2, -0.15) is 5.10 Å². The summed E-state index contributed by atoms with van der Waals surface area (Å²) in [5, 5.41) is 4.27. The molecule has 0 bridgehead atoms. The molecular formula is C15H19IN2O2. The highest BCUT2D eigenvalue weighted by Crippen LogP contribution is 2.22. The zero-order valence-corrected chi connectivity index (χ0v) is 13.9. The molecule has 0 heterocycles. The van der Waals surface area contributed by atoms with Crippen LogP contribution in [0.5, 0.6) is 5.75 Å². The largest absolute Gasteiger partial charge is 0.496 e. The first-order valence-electron chi connectivity index (χ1n) is 6.79. The topological polar surface area (TPSA) is 50.7 Å². The summed E-state index contributed by atoms with van der Waals surface area (Å²) in [6.45, 7) is 2.22. The number of hydrogen-bond donors (Lipinski definition) is 1. The molecule has 0 spiro atoms. The van der Waals surface area contributed by atoms with Gasteiger partial charge >= 0.3 is 0 Å². The number of nitrogens with one attached hydrogen (secondary N) is 1. The van der Waals surface area contributed by atoms with Gasteiger partial charge in [-0.25, -0.2) is 5.43 Å². The van der Waals surface area contributed by atoms with Crippen molar-refractivity contribution < 1.29 is 9.53 Å². The average Bonchev–Trinajstić information content (AvgIpc) is 2.44. The van der Waals surface area contributed by atoms with Gasteiger partial charge in [0.1, 0.15) is 5.75 Å². The summed E-state index contributed by atoms with van der Waals surface area (Å²) in [5.74, 6) is 1.27. The van der Waals surface area contributed by atoms with Gasteiger partial charge in [0, 0.05) is 11.3 Å². The second-order valence-corrected chi connectivity index (χ2v) is 6.33. The van der Waals surface area contributed by atoms with Crippen LogP contribution in [0, 0.1) is 9.49 Å². The second-order valence-electron chi connectivity index (χ2n) is 5.17. The van der Waals surface area contributed by atoms with E-state index in [2.05, 4.69) is 40.0 Å². The Morgan fingerprint density at radius 3 is 2.95 bits per heavy atom. The van der Waals surface area contributed by atoms with Crippen LogP contribution in [0.4, 0.5) is 0 Å². The molecule has 1 atom stereocenters. The number of hydrazone groups is 1. The summed E-state index contributed by atoms with van der Waals surface area (Å²) in [6.07, 6.45) is 4.39. The summed E-state index contributed by atoms with van der Waals surface area (Å²) >= 11 is 2.15. The number of methoxy groups -OCH3 is 1. The van der Waals surface area contributed by atoms with Gasteiger partial charge in [-0.3, -0.25) is 4.79 Å². The molecule has 5 heteroatoms. The summed E-state index contributed by atoms with van der Waals surface area (Å²) in [7, 11) is 1.62. The Hall–Kier alpha value is -1.11. The molecule has 1 aliphatic rings. The van der Waals surface area contributed by atoms with Crippen molar-refractivity contribution in [3.63, 3.8) is 0 Å². The van der Waals surface area contributed by atoms with Crippen LogP contribution < -0.4 is 10.2 Å². The molecule has 1 aromatic rings. The van der Waals surface area contributed by atoms with E-state index in [0.717, 1.165) is 34.3 Å². The van der Waals surface area contributed by atoms with Gasteiger partial charge < -0.3 is 4.74 Å². The second kappa shape index (κ2) is 7.06. The van der Waals surface area contributed by atoms with E-state index in [1.807, 2.05) is 0 Å². The van der Waals surface area contributed by atoms with Gasteiger partial charge in [0.15, 0.2) is 0 Å². The highest BCUT2D eigenvalue weighted by Gasteiger charge is 2.14. The number of carbonyl (C=O) groups excluding carboxylic acids is 1. The van der Waals surface area contributed by atoms with Crippen LogP contribution in [0.3, 0.4) is 0 Å². The fraction of sp³-hybridized carbons (Fsp3) is 0.467. The van der Waals surface area contributed by atoms with Crippen LogP contribution in [0.25, 0.3) is 0 Å². The highest BCUT2D eigenvalue weighted by atomic mass is 127. The molecule has 20 heavy (non-hydrogen) atoms. The van der Waals surface area contributed by atoms with E-state index in [4.69, 9.17) is 4.74 Å². The van der Waals surface area contributed by atoms with Crippen molar-refractivity contribution in [1.29, 1.82) is 0 Å². The maximum absolute atomic E-state index is 12.1. The monoisotopic (exact) mass is 386 g/mol. The van der Waals surface area contributed by atoms with E-state index in [9.17, 15) is 4.79 Å². The van der Waals surface area contributed by atoms with Crippen LogP contribution >= 0.6 is 22.6 Å². The lowest BCUT2D eigenvalue weighted by molar-refractivity contribution is 0.0954. The van der Waals surface area contributed by atoms with E-state index >= 15 is 0 Å². The first-order chi connectivity index (χ1) is 9.60. The minimum absolute atomic E-state index is 0.170. The van der Waals surface area contributed by atoms with Crippen LogP contribution in [-0.2, 0) is 0 Å². The molecule has 1 fully saturated rings. The van der Waals surface area contributed by atoms with Gasteiger partial charge in [0.25, 0.3) is 5.91 Å². The molecule has 108 valence electrons. The Labute approximate surface area is 133 Å². The molecule has 2 rings (SSSR count). The Morgan fingerprint density at radius 2 is 2.30 bits per heavy atom. The average molecular weight is 386 g/mol. The fourth-order valence-corrected chi connectivity index (χ4v) is 3.10. The maximum atomic E-state index is 12.1. The van der Waals surface area contributed by atoms with Gasteiger partial charge in [0.05, 0.1) is 10.7 Å². The van der Waals surface area contributed by atoms with Crippen LogP contribution in [0.2, 0.25) is 0 Å². The van der Waals surface area contributed by atoms with Gasteiger partial charge in [-0.05, 0) is 72.4 Å². The molecule has 1 aromatic carbocycles. The molecule has 0 aliphatic heterocycles. The first kappa shape index (κ1) is 15.3. The van der Waals surface area contributed by atoms with E-state index in [1.165, 1.54) is 6.42 Å². The molecule has 0 unspecified atom stereocenters. The zero-order valence-electron chi connectivity index (χ0n) is 11.8. The number of nitrogens with zero attached hydrogens (tertiary/aromatic N) is 1. The van der Waals surface area contributed by atoms with Crippen molar-refractivity contribution in [3.05, 3.63) is 27.3 Å². The fourth-order valence-electron chi connectivity index (χ4n) is 2.36. The Balaban J connectivity index is 2.01. The van der Waals surface area contributed by atoms with Crippen LogP contribution in [-0.4, -0.2) is 18.7 Å². The number of halogens is 1. The smallest absolute Gasteiger partial charge is 0.271 e. The number of amides is 1. The van der Waals surface area contributed by atoms with Crippen molar-refractivity contribution in [3.8, 4) is 5.75 Å². The molecule has 4 nitrogen and oxygen atoms in total. The minimum Gasteiger partial charge on any atom is -0.496 e. The SMILES string of the molecule is COc1ccc(C(=O)N/N=C2/CCC[C@H](C)C2)cc1I. The minimum atomic E-state index is -0.170. The highest BCUT2D eigenvalue weighted by molar-refractivity contribution is 14.1. The van der Waals surface area contributed by atoms with Gasteiger partial charge in [0.2, 0.25) is 0 Å². The third-order valence-corrected chi connectivity index (χ3v) is 4.32. The number of rotatable bonds is 3. The molecule has 0 saturated heterocycles. The summed E-state index contributed by atoms with van der Waals surface area (Å²) in [5.41, 5.74) is 4.36. The maximum Gasteiger partial charge on any atom is 0.271 e. The van der Waals surface area contributed by atoms with E-state index in [-0.39, 0.29) is 5.91 Å². The summed E-state index contributed by atoms with van der Waals surface area (Å²) < 4.78 is 6.09. The molecule has 1 aliphatic carbocycles. The van der Waals surface area contributed by atoms with Crippen molar-refractivity contribution in [2.45, 2.75) is 32.6 Å². The lowest BCUT2D eigenvalue weighted by Crippen LogP contribution is -2.22. The number of ether oxygens (including phenoxy) is 1. The van der Waals surface area contributed by atoms with E-state index in [0.29, 0.717) is 11.5 Å². The Bertz CT molecular complexity index is 529. The van der Waals surface area contributed by atoms with Crippen molar-refractivity contribution in [2.75, 3.05) is 7.11 Å². The third-order valence-electron chi connectivity index (χ3n) is 3.48.